The van der Waals surface area contributed by atoms with Crippen LogP contribution in [0.5, 0.6) is 0 Å². The molecule has 2 amide bonds. The number of urea groups is 1. The molecule has 1 unspecified atom stereocenters. The third-order valence-electron chi connectivity index (χ3n) is 6.43. The summed E-state index contributed by atoms with van der Waals surface area (Å²) in [6.07, 6.45) is -4.47. The smallest absolute Gasteiger partial charge is 0.306 e. The van der Waals surface area contributed by atoms with E-state index in [1.54, 1.807) is 24.3 Å². The molecular formula is C29H20Cl2F3N3O. The van der Waals surface area contributed by atoms with Gasteiger partial charge >= 0.3 is 12.2 Å². The Morgan fingerprint density at radius 1 is 0.789 bits per heavy atom. The van der Waals surface area contributed by atoms with E-state index in [0.717, 1.165) is 28.8 Å². The van der Waals surface area contributed by atoms with Crippen LogP contribution < -0.4 is 5.32 Å². The van der Waals surface area contributed by atoms with Crippen molar-refractivity contribution in [1.82, 2.24) is 5.01 Å². The fourth-order valence-electron chi connectivity index (χ4n) is 4.58. The number of rotatable bonds is 4. The number of carbonyl (C=O) groups is 1. The van der Waals surface area contributed by atoms with Crippen molar-refractivity contribution in [2.24, 2.45) is 5.10 Å². The summed E-state index contributed by atoms with van der Waals surface area (Å²) < 4.78 is 38.9. The molecule has 1 aliphatic heterocycles. The van der Waals surface area contributed by atoms with Crippen molar-refractivity contribution >= 4 is 40.6 Å². The summed E-state index contributed by atoms with van der Waals surface area (Å²) in [7, 11) is 0. The van der Waals surface area contributed by atoms with Crippen molar-refractivity contribution in [3.05, 3.63) is 135 Å². The number of anilines is 1. The van der Waals surface area contributed by atoms with Crippen LogP contribution in [0.15, 0.2) is 108 Å². The number of carbonyl (C=O) groups excluding carboxylic acids is 1. The van der Waals surface area contributed by atoms with E-state index < -0.39 is 23.2 Å². The number of halogens is 5. The van der Waals surface area contributed by atoms with Gasteiger partial charge in [-0.1, -0.05) is 77.8 Å². The first-order valence-electron chi connectivity index (χ1n) is 11.6. The average Bonchev–Trinajstić information content (AvgIpc) is 3.32. The summed E-state index contributed by atoms with van der Waals surface area (Å²) in [5.74, 6) is 0. The molecule has 0 spiro atoms. The molecule has 0 aromatic heterocycles. The zero-order chi connectivity index (χ0) is 26.9. The summed E-state index contributed by atoms with van der Waals surface area (Å²) in [4.78, 5) is 13.4. The third-order valence-corrected chi connectivity index (χ3v) is 6.94. The van der Waals surface area contributed by atoms with E-state index in [4.69, 9.17) is 28.3 Å². The summed E-state index contributed by atoms with van der Waals surface area (Å²) in [6, 6.07) is 27.9. The zero-order valence-electron chi connectivity index (χ0n) is 19.7. The van der Waals surface area contributed by atoms with Gasteiger partial charge in [0, 0.05) is 15.7 Å². The molecule has 4 nitrogen and oxygen atoms in total. The number of amides is 2. The summed E-state index contributed by atoms with van der Waals surface area (Å²) in [5, 5.41) is 9.83. The molecule has 4 aromatic carbocycles. The number of benzene rings is 4. The van der Waals surface area contributed by atoms with Crippen molar-refractivity contribution in [2.45, 2.75) is 11.6 Å². The predicted octanol–water partition coefficient (Wildman–Crippen LogP) is 8.25. The van der Waals surface area contributed by atoms with E-state index in [9.17, 15) is 18.0 Å². The highest BCUT2D eigenvalue weighted by Gasteiger charge is 2.48. The normalized spacial score (nSPS) is 17.3. The second kappa shape index (κ2) is 10.2. The van der Waals surface area contributed by atoms with Gasteiger partial charge in [-0.25, -0.2) is 9.80 Å². The van der Waals surface area contributed by atoms with Gasteiger partial charge in [-0.2, -0.15) is 18.3 Å². The van der Waals surface area contributed by atoms with E-state index in [0.29, 0.717) is 15.8 Å². The summed E-state index contributed by atoms with van der Waals surface area (Å²) in [6.45, 7) is 0.142. The van der Waals surface area contributed by atoms with Crippen molar-refractivity contribution in [1.29, 1.82) is 0 Å². The van der Waals surface area contributed by atoms with Gasteiger partial charge in [0.1, 0.15) is 0 Å². The first-order chi connectivity index (χ1) is 18.2. The molecule has 1 atom stereocenters. The molecule has 0 bridgehead atoms. The molecule has 1 heterocycles. The molecular weight excluding hydrogens is 534 g/mol. The minimum Gasteiger partial charge on any atom is -0.306 e. The predicted molar refractivity (Wildman–Crippen MR) is 144 cm³/mol. The van der Waals surface area contributed by atoms with E-state index in [2.05, 4.69) is 5.32 Å². The fourth-order valence-corrected chi connectivity index (χ4v) is 4.83. The molecule has 4 aromatic rings. The maximum absolute atomic E-state index is 13.4. The molecule has 1 N–H and O–H groups in total. The van der Waals surface area contributed by atoms with Crippen LogP contribution in [0.2, 0.25) is 10.0 Å². The Morgan fingerprint density at radius 3 is 1.92 bits per heavy atom. The number of hydrogen-bond acceptors (Lipinski definition) is 2. The van der Waals surface area contributed by atoms with E-state index in [1.807, 2.05) is 54.6 Å². The molecule has 0 saturated heterocycles. The maximum atomic E-state index is 13.4. The lowest BCUT2D eigenvalue weighted by Gasteiger charge is -2.32. The van der Waals surface area contributed by atoms with E-state index >= 15 is 0 Å². The Balaban J connectivity index is 1.58. The molecule has 38 heavy (non-hydrogen) atoms. The van der Waals surface area contributed by atoms with Gasteiger partial charge < -0.3 is 5.32 Å². The van der Waals surface area contributed by atoms with E-state index in [1.165, 1.54) is 17.1 Å². The van der Waals surface area contributed by atoms with Gasteiger partial charge in [0.25, 0.3) is 0 Å². The first-order valence-corrected chi connectivity index (χ1v) is 12.3. The van der Waals surface area contributed by atoms with Crippen LogP contribution in [0.25, 0.3) is 0 Å². The molecule has 0 aliphatic carbocycles. The standard InChI is InChI=1S/C29H20Cl2F3N3O/c30-23-12-6-19(7-13-23)26-28(20-4-2-1-3-5-20,21-8-14-24(31)15-9-21)18-37(36-26)27(38)35-25-16-10-22(11-17-25)29(32,33)34/h1-17H,18H2,(H,35,38). The van der Waals surface area contributed by atoms with Gasteiger partial charge in [-0.05, 0) is 65.2 Å². The zero-order valence-corrected chi connectivity index (χ0v) is 21.2. The summed E-state index contributed by atoms with van der Waals surface area (Å²) >= 11 is 12.3. The summed E-state index contributed by atoms with van der Waals surface area (Å²) in [5.41, 5.74) is 1.70. The van der Waals surface area contributed by atoms with Crippen LogP contribution in [0.3, 0.4) is 0 Å². The van der Waals surface area contributed by atoms with Crippen LogP contribution in [-0.4, -0.2) is 23.3 Å². The fraction of sp³-hybridized carbons (Fsp3) is 0.103. The van der Waals surface area contributed by atoms with Gasteiger partial charge in [-0.3, -0.25) is 0 Å². The molecule has 192 valence electrons. The van der Waals surface area contributed by atoms with Crippen molar-refractivity contribution in [3.8, 4) is 0 Å². The second-order valence-corrected chi connectivity index (χ2v) is 9.67. The molecule has 0 radical (unpaired) electrons. The highest BCUT2D eigenvalue weighted by Crippen LogP contribution is 2.42. The Labute approximate surface area is 227 Å². The van der Waals surface area contributed by atoms with Gasteiger partial charge in [-0.15, -0.1) is 0 Å². The number of alkyl halides is 3. The molecule has 1 aliphatic rings. The monoisotopic (exact) mass is 553 g/mol. The van der Waals surface area contributed by atoms with Crippen molar-refractivity contribution in [2.75, 3.05) is 11.9 Å². The van der Waals surface area contributed by atoms with Gasteiger partial charge in [0.2, 0.25) is 0 Å². The van der Waals surface area contributed by atoms with Crippen LogP contribution in [-0.2, 0) is 11.6 Å². The minimum absolute atomic E-state index is 0.142. The van der Waals surface area contributed by atoms with Crippen LogP contribution in [0, 0.1) is 0 Å². The Hall–Kier alpha value is -3.81. The first kappa shape index (κ1) is 25.8. The number of nitrogens with one attached hydrogen (secondary N) is 1. The lowest BCUT2D eigenvalue weighted by Crippen LogP contribution is -2.42. The second-order valence-electron chi connectivity index (χ2n) is 8.80. The van der Waals surface area contributed by atoms with Crippen molar-refractivity contribution in [3.63, 3.8) is 0 Å². The quantitative estimate of drug-likeness (QED) is 0.271. The maximum Gasteiger partial charge on any atom is 0.416 e. The minimum atomic E-state index is -4.47. The lowest BCUT2D eigenvalue weighted by molar-refractivity contribution is -0.137. The molecule has 5 rings (SSSR count). The van der Waals surface area contributed by atoms with Crippen molar-refractivity contribution < 1.29 is 18.0 Å². The average molecular weight is 554 g/mol. The van der Waals surface area contributed by atoms with Gasteiger partial charge in [0.05, 0.1) is 23.2 Å². The Bertz CT molecular complexity index is 1470. The molecule has 9 heteroatoms. The largest absolute Gasteiger partial charge is 0.416 e. The Kier molecular flexibility index (Phi) is 6.90. The van der Waals surface area contributed by atoms with Crippen LogP contribution in [0.4, 0.5) is 23.7 Å². The van der Waals surface area contributed by atoms with E-state index in [-0.39, 0.29) is 12.2 Å². The van der Waals surface area contributed by atoms with Gasteiger partial charge in [0.15, 0.2) is 0 Å². The third kappa shape index (κ3) is 4.99. The SMILES string of the molecule is O=C(Nc1ccc(C(F)(F)F)cc1)N1CC(c2ccccc2)(c2ccc(Cl)cc2)C(c2ccc(Cl)cc2)=N1. The highest BCUT2D eigenvalue weighted by molar-refractivity contribution is 6.31. The topological polar surface area (TPSA) is 44.7 Å². The molecule has 0 fully saturated rings. The number of hydrazone groups is 1. The lowest BCUT2D eigenvalue weighted by atomic mass is 9.69. The number of hydrogen-bond donors (Lipinski definition) is 1. The Morgan fingerprint density at radius 2 is 1.34 bits per heavy atom. The van der Waals surface area contributed by atoms with Crippen LogP contribution >= 0.6 is 23.2 Å². The number of nitrogens with zero attached hydrogens (tertiary/aromatic N) is 2. The van der Waals surface area contributed by atoms with Crippen LogP contribution in [0.1, 0.15) is 22.3 Å². The highest BCUT2D eigenvalue weighted by atomic mass is 35.5. The molecule has 0 saturated carbocycles.